The molecule has 0 fully saturated rings. The topological polar surface area (TPSA) is 82.3 Å². The number of rotatable bonds is 3. The molecule has 6 nitrogen and oxygen atoms in total. The van der Waals surface area contributed by atoms with Crippen molar-refractivity contribution in [1.29, 1.82) is 0 Å². The van der Waals surface area contributed by atoms with Crippen LogP contribution in [0.25, 0.3) is 22.1 Å². The highest BCUT2D eigenvalue weighted by atomic mass is 15.1. The molecule has 4 rings (SSSR count). The summed E-state index contributed by atoms with van der Waals surface area (Å²) in [5.74, 6) is 2.45. The summed E-state index contributed by atoms with van der Waals surface area (Å²) in [6, 6.07) is 10.1. The zero-order valence-corrected chi connectivity index (χ0v) is 13.3. The Bertz CT molecular complexity index is 964. The van der Waals surface area contributed by atoms with E-state index in [2.05, 4.69) is 43.2 Å². The Hall–Kier alpha value is -2.89. The SMILES string of the molecule is Cc1nc(NC(C)c2nc3ccccc3[nH]2)c2cc(C)[nH]c2n1. The van der Waals surface area contributed by atoms with Gasteiger partial charge in [-0.15, -0.1) is 0 Å². The number of hydrogen-bond acceptors (Lipinski definition) is 4. The molecule has 0 spiro atoms. The predicted molar refractivity (Wildman–Crippen MR) is 91.5 cm³/mol. The van der Waals surface area contributed by atoms with E-state index in [0.29, 0.717) is 0 Å². The van der Waals surface area contributed by atoms with E-state index < -0.39 is 0 Å². The molecule has 4 aromatic rings. The van der Waals surface area contributed by atoms with Crippen LogP contribution in [0, 0.1) is 13.8 Å². The molecule has 116 valence electrons. The number of imidazole rings is 1. The third-order valence-electron chi connectivity index (χ3n) is 3.90. The smallest absolute Gasteiger partial charge is 0.143 e. The number of fused-ring (bicyclic) bond motifs is 2. The highest BCUT2D eigenvalue weighted by Crippen LogP contribution is 2.25. The minimum absolute atomic E-state index is 0.00936. The van der Waals surface area contributed by atoms with E-state index in [1.54, 1.807) is 0 Å². The van der Waals surface area contributed by atoms with E-state index in [0.717, 1.165) is 45.2 Å². The van der Waals surface area contributed by atoms with Gasteiger partial charge in [0.2, 0.25) is 0 Å². The lowest BCUT2D eigenvalue weighted by atomic mass is 10.3. The van der Waals surface area contributed by atoms with Crippen LogP contribution in [0.2, 0.25) is 0 Å². The Morgan fingerprint density at radius 2 is 1.87 bits per heavy atom. The summed E-state index contributed by atoms with van der Waals surface area (Å²) in [4.78, 5) is 20.3. The molecule has 6 heteroatoms. The van der Waals surface area contributed by atoms with Crippen molar-refractivity contribution in [3.8, 4) is 0 Å². The number of aromatic amines is 2. The lowest BCUT2D eigenvalue weighted by Gasteiger charge is -2.13. The average molecular weight is 306 g/mol. The van der Waals surface area contributed by atoms with Crippen LogP contribution in [0.4, 0.5) is 5.82 Å². The molecule has 0 saturated heterocycles. The Kier molecular flexibility index (Phi) is 3.04. The maximum atomic E-state index is 4.65. The number of aryl methyl sites for hydroxylation is 2. The van der Waals surface area contributed by atoms with Gasteiger partial charge in [0.05, 0.1) is 22.5 Å². The van der Waals surface area contributed by atoms with Crippen LogP contribution >= 0.6 is 0 Å². The summed E-state index contributed by atoms with van der Waals surface area (Å²) in [7, 11) is 0. The van der Waals surface area contributed by atoms with Crippen LogP contribution in [-0.4, -0.2) is 24.9 Å². The van der Waals surface area contributed by atoms with Gasteiger partial charge in [-0.2, -0.15) is 0 Å². The molecule has 3 heterocycles. The second-order valence-electron chi connectivity index (χ2n) is 5.84. The van der Waals surface area contributed by atoms with Crippen molar-refractivity contribution in [2.24, 2.45) is 0 Å². The fraction of sp³-hybridized carbons (Fsp3) is 0.235. The molecule has 0 saturated carbocycles. The first kappa shape index (κ1) is 13.8. The van der Waals surface area contributed by atoms with Gasteiger partial charge < -0.3 is 15.3 Å². The molecule has 0 radical (unpaired) electrons. The number of para-hydroxylation sites is 2. The van der Waals surface area contributed by atoms with Gasteiger partial charge >= 0.3 is 0 Å². The first-order valence-electron chi connectivity index (χ1n) is 7.65. The molecule has 0 bridgehead atoms. The highest BCUT2D eigenvalue weighted by Gasteiger charge is 2.14. The summed E-state index contributed by atoms with van der Waals surface area (Å²) in [6.07, 6.45) is 0. The van der Waals surface area contributed by atoms with Gasteiger partial charge in [-0.1, -0.05) is 12.1 Å². The summed E-state index contributed by atoms with van der Waals surface area (Å²) >= 11 is 0. The molecular formula is C17H18N6. The fourth-order valence-electron chi connectivity index (χ4n) is 2.81. The van der Waals surface area contributed by atoms with Gasteiger partial charge in [-0.25, -0.2) is 15.0 Å². The Morgan fingerprint density at radius 3 is 2.70 bits per heavy atom. The van der Waals surface area contributed by atoms with Gasteiger partial charge in [0.15, 0.2) is 0 Å². The Labute approximate surface area is 133 Å². The highest BCUT2D eigenvalue weighted by molar-refractivity contribution is 5.88. The Morgan fingerprint density at radius 1 is 1.04 bits per heavy atom. The van der Waals surface area contributed by atoms with Crippen molar-refractivity contribution in [2.45, 2.75) is 26.8 Å². The van der Waals surface area contributed by atoms with Gasteiger partial charge in [0, 0.05) is 5.69 Å². The molecular weight excluding hydrogens is 288 g/mol. The number of anilines is 1. The minimum Gasteiger partial charge on any atom is -0.360 e. The van der Waals surface area contributed by atoms with E-state index in [1.807, 2.05) is 38.1 Å². The molecule has 23 heavy (non-hydrogen) atoms. The van der Waals surface area contributed by atoms with E-state index in [1.165, 1.54) is 0 Å². The van der Waals surface area contributed by atoms with Gasteiger partial charge in [-0.3, -0.25) is 0 Å². The van der Waals surface area contributed by atoms with Gasteiger partial charge in [-0.05, 0) is 39.0 Å². The van der Waals surface area contributed by atoms with Crippen LogP contribution in [0.3, 0.4) is 0 Å². The number of H-pyrrole nitrogens is 2. The number of nitrogens with one attached hydrogen (secondary N) is 3. The fourth-order valence-corrected chi connectivity index (χ4v) is 2.81. The van der Waals surface area contributed by atoms with Crippen LogP contribution in [0.15, 0.2) is 30.3 Å². The van der Waals surface area contributed by atoms with Crippen LogP contribution in [0.5, 0.6) is 0 Å². The quantitative estimate of drug-likeness (QED) is 0.540. The summed E-state index contributed by atoms with van der Waals surface area (Å²) in [6.45, 7) is 5.98. The lowest BCUT2D eigenvalue weighted by Crippen LogP contribution is -2.10. The molecule has 1 atom stereocenters. The normalized spacial score (nSPS) is 12.8. The molecule has 0 aliphatic heterocycles. The van der Waals surface area contributed by atoms with Crippen molar-refractivity contribution >= 4 is 27.9 Å². The molecule has 0 aliphatic carbocycles. The first-order valence-corrected chi connectivity index (χ1v) is 7.65. The number of aromatic nitrogens is 5. The Balaban J connectivity index is 1.72. The van der Waals surface area contributed by atoms with Gasteiger partial charge in [0.25, 0.3) is 0 Å². The number of hydrogen-bond donors (Lipinski definition) is 3. The molecule has 1 unspecified atom stereocenters. The largest absolute Gasteiger partial charge is 0.360 e. The third kappa shape index (κ3) is 2.42. The van der Waals surface area contributed by atoms with E-state index >= 15 is 0 Å². The van der Waals surface area contributed by atoms with Crippen LogP contribution < -0.4 is 5.32 Å². The van der Waals surface area contributed by atoms with Gasteiger partial charge in [0.1, 0.15) is 23.1 Å². The van der Waals surface area contributed by atoms with Crippen molar-refractivity contribution in [3.05, 3.63) is 47.7 Å². The summed E-state index contributed by atoms with van der Waals surface area (Å²) in [5.41, 5.74) is 3.93. The molecule has 0 aliphatic rings. The van der Waals surface area contributed by atoms with Crippen LogP contribution in [0.1, 0.15) is 30.3 Å². The average Bonchev–Trinajstić information content (AvgIpc) is 3.09. The zero-order valence-electron chi connectivity index (χ0n) is 13.3. The zero-order chi connectivity index (χ0) is 16.0. The van der Waals surface area contributed by atoms with Crippen LogP contribution in [-0.2, 0) is 0 Å². The predicted octanol–water partition coefficient (Wildman–Crippen LogP) is 3.62. The summed E-state index contributed by atoms with van der Waals surface area (Å²) < 4.78 is 0. The second-order valence-corrected chi connectivity index (χ2v) is 5.84. The minimum atomic E-state index is 0.00936. The standard InChI is InChI=1S/C17H18N6/c1-9-8-12-16(18-9)20-11(3)21-17(12)19-10(2)15-22-13-6-4-5-7-14(13)23-15/h4-8,10H,1-3H3,(H,22,23)(H2,18,19,20,21). The van der Waals surface area contributed by atoms with Crippen molar-refractivity contribution in [2.75, 3.05) is 5.32 Å². The molecule has 3 N–H and O–H groups in total. The van der Waals surface area contributed by atoms with Crippen molar-refractivity contribution in [1.82, 2.24) is 24.9 Å². The summed E-state index contributed by atoms with van der Waals surface area (Å²) in [5, 5.41) is 4.45. The van der Waals surface area contributed by atoms with E-state index in [9.17, 15) is 0 Å². The third-order valence-corrected chi connectivity index (χ3v) is 3.90. The maximum Gasteiger partial charge on any atom is 0.143 e. The van der Waals surface area contributed by atoms with Crippen molar-refractivity contribution < 1.29 is 0 Å². The second kappa shape index (κ2) is 5.08. The lowest BCUT2D eigenvalue weighted by molar-refractivity contribution is 0.808. The molecule has 1 aromatic carbocycles. The maximum absolute atomic E-state index is 4.65. The monoisotopic (exact) mass is 306 g/mol. The van der Waals surface area contributed by atoms with Crippen molar-refractivity contribution in [3.63, 3.8) is 0 Å². The number of nitrogens with zero attached hydrogens (tertiary/aromatic N) is 3. The first-order chi connectivity index (χ1) is 11.1. The number of benzene rings is 1. The van der Waals surface area contributed by atoms with E-state index in [-0.39, 0.29) is 6.04 Å². The molecule has 0 amide bonds. The molecule has 3 aromatic heterocycles. The van der Waals surface area contributed by atoms with E-state index in [4.69, 9.17) is 0 Å².